The van der Waals surface area contributed by atoms with Crippen LogP contribution in [-0.4, -0.2) is 35.2 Å². The quantitative estimate of drug-likeness (QED) is 0.791. The molecule has 0 aromatic heterocycles. The SMILES string of the molecule is CCCCNC(=O)N1CCC[C@H]1C[C@H](O)c1ccccc1. The number of amides is 2. The van der Waals surface area contributed by atoms with Crippen LogP contribution < -0.4 is 5.32 Å². The Morgan fingerprint density at radius 1 is 1.43 bits per heavy atom. The number of hydrogen-bond donors (Lipinski definition) is 2. The Labute approximate surface area is 127 Å². The van der Waals surface area contributed by atoms with E-state index >= 15 is 0 Å². The summed E-state index contributed by atoms with van der Waals surface area (Å²) in [5.41, 5.74) is 0.927. The van der Waals surface area contributed by atoms with E-state index in [4.69, 9.17) is 0 Å². The second-order valence-electron chi connectivity index (χ2n) is 5.74. The molecule has 1 aromatic rings. The zero-order valence-electron chi connectivity index (χ0n) is 12.8. The average molecular weight is 290 g/mol. The van der Waals surface area contributed by atoms with Crippen molar-refractivity contribution in [3.63, 3.8) is 0 Å². The Balaban J connectivity index is 1.88. The molecule has 0 aliphatic carbocycles. The monoisotopic (exact) mass is 290 g/mol. The molecule has 0 saturated carbocycles. The Morgan fingerprint density at radius 2 is 2.19 bits per heavy atom. The van der Waals surface area contributed by atoms with Gasteiger partial charge in [-0.2, -0.15) is 0 Å². The maximum Gasteiger partial charge on any atom is 0.317 e. The highest BCUT2D eigenvalue weighted by Gasteiger charge is 2.30. The van der Waals surface area contributed by atoms with Gasteiger partial charge in [0.25, 0.3) is 0 Å². The Bertz CT molecular complexity index is 436. The van der Waals surface area contributed by atoms with E-state index in [1.165, 1.54) is 0 Å². The molecule has 21 heavy (non-hydrogen) atoms. The molecule has 0 spiro atoms. The number of benzene rings is 1. The molecule has 1 heterocycles. The molecule has 2 atom stereocenters. The number of hydrogen-bond acceptors (Lipinski definition) is 2. The van der Waals surface area contributed by atoms with Crippen LogP contribution >= 0.6 is 0 Å². The standard InChI is InChI=1S/C17H26N2O2/c1-2-3-11-18-17(21)19-12-7-10-15(19)13-16(20)14-8-5-4-6-9-14/h4-6,8-9,15-16,20H,2-3,7,10-13H2,1H3,(H,18,21)/t15-,16-/m0/s1. The summed E-state index contributed by atoms with van der Waals surface area (Å²) >= 11 is 0. The zero-order valence-corrected chi connectivity index (χ0v) is 12.8. The smallest absolute Gasteiger partial charge is 0.317 e. The van der Waals surface area contributed by atoms with Gasteiger partial charge >= 0.3 is 6.03 Å². The molecule has 4 heteroatoms. The molecule has 1 fully saturated rings. The molecular formula is C17H26N2O2. The summed E-state index contributed by atoms with van der Waals surface area (Å²) in [6, 6.07) is 9.84. The number of unbranched alkanes of at least 4 members (excludes halogenated alkanes) is 1. The van der Waals surface area contributed by atoms with Gasteiger partial charge in [0.05, 0.1) is 6.10 Å². The molecule has 4 nitrogen and oxygen atoms in total. The maximum absolute atomic E-state index is 12.2. The Kier molecular flexibility index (Phi) is 6.05. The summed E-state index contributed by atoms with van der Waals surface area (Å²) < 4.78 is 0. The largest absolute Gasteiger partial charge is 0.388 e. The van der Waals surface area contributed by atoms with E-state index in [-0.39, 0.29) is 12.1 Å². The number of urea groups is 1. The molecular weight excluding hydrogens is 264 g/mol. The predicted octanol–water partition coefficient (Wildman–Crippen LogP) is 3.08. The van der Waals surface area contributed by atoms with Gasteiger partial charge in [-0.1, -0.05) is 43.7 Å². The molecule has 0 radical (unpaired) electrons. The minimum Gasteiger partial charge on any atom is -0.388 e. The number of likely N-dealkylation sites (tertiary alicyclic amines) is 1. The van der Waals surface area contributed by atoms with Gasteiger partial charge in [-0.3, -0.25) is 0 Å². The van der Waals surface area contributed by atoms with Crippen molar-refractivity contribution in [3.8, 4) is 0 Å². The van der Waals surface area contributed by atoms with Crippen molar-refractivity contribution in [3.05, 3.63) is 35.9 Å². The first kappa shape index (κ1) is 15.8. The van der Waals surface area contributed by atoms with Crippen molar-refractivity contribution in [2.45, 2.75) is 51.2 Å². The van der Waals surface area contributed by atoms with Crippen LogP contribution in [0, 0.1) is 0 Å². The third-order valence-corrected chi connectivity index (χ3v) is 4.12. The number of aliphatic hydroxyl groups excluding tert-OH is 1. The summed E-state index contributed by atoms with van der Waals surface area (Å²) in [5, 5.41) is 13.3. The highest BCUT2D eigenvalue weighted by atomic mass is 16.3. The lowest BCUT2D eigenvalue weighted by Crippen LogP contribution is -2.43. The lowest BCUT2D eigenvalue weighted by Gasteiger charge is -2.27. The molecule has 1 saturated heterocycles. The topological polar surface area (TPSA) is 52.6 Å². The second-order valence-corrected chi connectivity index (χ2v) is 5.74. The fourth-order valence-electron chi connectivity index (χ4n) is 2.89. The summed E-state index contributed by atoms with van der Waals surface area (Å²) in [7, 11) is 0. The molecule has 116 valence electrons. The molecule has 2 rings (SSSR count). The van der Waals surface area contributed by atoms with Gasteiger partial charge in [-0.15, -0.1) is 0 Å². The summed E-state index contributed by atoms with van der Waals surface area (Å²) in [5.74, 6) is 0. The number of rotatable bonds is 6. The second kappa shape index (κ2) is 8.03. The highest BCUT2D eigenvalue weighted by molar-refractivity contribution is 5.74. The third-order valence-electron chi connectivity index (χ3n) is 4.12. The minimum atomic E-state index is -0.500. The summed E-state index contributed by atoms with van der Waals surface area (Å²) in [4.78, 5) is 14.1. The van der Waals surface area contributed by atoms with E-state index in [2.05, 4.69) is 12.2 Å². The van der Waals surface area contributed by atoms with Crippen LogP contribution in [0.4, 0.5) is 4.79 Å². The van der Waals surface area contributed by atoms with E-state index in [0.717, 1.165) is 44.3 Å². The summed E-state index contributed by atoms with van der Waals surface area (Å²) in [6.45, 7) is 3.64. The van der Waals surface area contributed by atoms with Crippen molar-refractivity contribution in [1.82, 2.24) is 10.2 Å². The summed E-state index contributed by atoms with van der Waals surface area (Å²) in [6.07, 6.45) is 4.21. The van der Waals surface area contributed by atoms with Crippen LogP contribution in [-0.2, 0) is 0 Å². The predicted molar refractivity (Wildman–Crippen MR) is 84.1 cm³/mol. The van der Waals surface area contributed by atoms with E-state index in [0.29, 0.717) is 6.42 Å². The lowest BCUT2D eigenvalue weighted by atomic mass is 10.0. The number of carbonyl (C=O) groups excluding carboxylic acids is 1. The van der Waals surface area contributed by atoms with Crippen molar-refractivity contribution in [2.75, 3.05) is 13.1 Å². The van der Waals surface area contributed by atoms with Crippen molar-refractivity contribution in [2.24, 2.45) is 0 Å². The minimum absolute atomic E-state index is 0.0196. The highest BCUT2D eigenvalue weighted by Crippen LogP contribution is 2.27. The average Bonchev–Trinajstić information content (AvgIpc) is 2.96. The van der Waals surface area contributed by atoms with Gasteiger partial charge < -0.3 is 15.3 Å². The number of nitrogens with zero attached hydrogens (tertiary/aromatic N) is 1. The number of nitrogens with one attached hydrogen (secondary N) is 1. The van der Waals surface area contributed by atoms with E-state index in [1.807, 2.05) is 35.2 Å². The van der Waals surface area contributed by atoms with Crippen LogP contribution in [0.15, 0.2) is 30.3 Å². The molecule has 1 aliphatic rings. The van der Waals surface area contributed by atoms with E-state index < -0.39 is 6.10 Å². The molecule has 0 bridgehead atoms. The van der Waals surface area contributed by atoms with Gasteiger partial charge in [0.1, 0.15) is 0 Å². The van der Waals surface area contributed by atoms with Gasteiger partial charge in [0, 0.05) is 19.1 Å². The zero-order chi connectivity index (χ0) is 15.1. The van der Waals surface area contributed by atoms with Crippen LogP contribution in [0.1, 0.15) is 50.7 Å². The Morgan fingerprint density at radius 3 is 2.90 bits per heavy atom. The van der Waals surface area contributed by atoms with Gasteiger partial charge in [-0.25, -0.2) is 4.79 Å². The van der Waals surface area contributed by atoms with Crippen molar-refractivity contribution in [1.29, 1.82) is 0 Å². The maximum atomic E-state index is 12.2. The Hall–Kier alpha value is -1.55. The van der Waals surface area contributed by atoms with Crippen LogP contribution in [0.5, 0.6) is 0 Å². The van der Waals surface area contributed by atoms with Gasteiger partial charge in [-0.05, 0) is 31.2 Å². The normalized spacial score (nSPS) is 19.5. The van der Waals surface area contributed by atoms with Gasteiger partial charge in [0.15, 0.2) is 0 Å². The molecule has 2 amide bonds. The number of aliphatic hydroxyl groups is 1. The molecule has 1 aromatic carbocycles. The van der Waals surface area contributed by atoms with Crippen LogP contribution in [0.25, 0.3) is 0 Å². The molecule has 2 N–H and O–H groups in total. The first-order valence-electron chi connectivity index (χ1n) is 8.00. The molecule has 0 unspecified atom stereocenters. The van der Waals surface area contributed by atoms with Crippen molar-refractivity contribution < 1.29 is 9.90 Å². The first-order chi connectivity index (χ1) is 10.2. The fourth-order valence-corrected chi connectivity index (χ4v) is 2.89. The first-order valence-corrected chi connectivity index (χ1v) is 8.00. The van der Waals surface area contributed by atoms with Crippen LogP contribution in [0.2, 0.25) is 0 Å². The van der Waals surface area contributed by atoms with E-state index in [9.17, 15) is 9.90 Å². The molecule has 1 aliphatic heterocycles. The number of carbonyl (C=O) groups is 1. The van der Waals surface area contributed by atoms with E-state index in [1.54, 1.807) is 0 Å². The lowest BCUT2D eigenvalue weighted by molar-refractivity contribution is 0.126. The van der Waals surface area contributed by atoms with Crippen LogP contribution in [0.3, 0.4) is 0 Å². The third kappa shape index (κ3) is 4.46. The fraction of sp³-hybridized carbons (Fsp3) is 0.588. The van der Waals surface area contributed by atoms with Gasteiger partial charge in [0.2, 0.25) is 0 Å². The van der Waals surface area contributed by atoms with Crippen molar-refractivity contribution >= 4 is 6.03 Å².